The highest BCUT2D eigenvalue weighted by Crippen LogP contribution is 2.41. The molecule has 0 aromatic heterocycles. The van der Waals surface area contributed by atoms with Crippen LogP contribution in [0.2, 0.25) is 20.1 Å². The summed E-state index contributed by atoms with van der Waals surface area (Å²) in [5.74, 6) is -12.6. The van der Waals surface area contributed by atoms with Gasteiger partial charge in [-0.1, -0.05) is 46.4 Å². The van der Waals surface area contributed by atoms with Crippen LogP contribution < -0.4 is 16.4 Å². The molecular weight excluding hydrogens is 721 g/mol. The summed E-state index contributed by atoms with van der Waals surface area (Å²) in [6.45, 7) is -3.79. The van der Waals surface area contributed by atoms with Gasteiger partial charge in [-0.2, -0.15) is 52.7 Å². The molecule has 3 aromatic rings. The lowest BCUT2D eigenvalue weighted by molar-refractivity contribution is -0.147. The van der Waals surface area contributed by atoms with Crippen LogP contribution in [0.4, 0.5) is 70.2 Å². The van der Waals surface area contributed by atoms with Crippen LogP contribution in [0, 0.1) is 23.3 Å². The van der Waals surface area contributed by atoms with Gasteiger partial charge < -0.3 is 0 Å². The fourth-order valence-electron chi connectivity index (χ4n) is 3.93. The van der Waals surface area contributed by atoms with Crippen LogP contribution in [0.5, 0.6) is 0 Å². The maximum Gasteiger partial charge on any atom is 0.419 e. The fraction of sp³-hybridized carbons (Fsp3) is 0.182. The van der Waals surface area contributed by atoms with Crippen LogP contribution in [-0.4, -0.2) is 6.71 Å². The standard InChI is InChI=1S/C22H3BCl4F16/c24-8-3-9(25)14(27)10(13(8)26)23(11-15(28)4(19(32,33)34)1-5(16(11)29)20(35,36)37)12-17(30)6(21(38,39)40)2-7(18(12)31)22(41,42)43/h1-3H. The van der Waals surface area contributed by atoms with Crippen LogP contribution >= 0.6 is 46.4 Å². The molecule has 0 fully saturated rings. The van der Waals surface area contributed by atoms with Gasteiger partial charge in [0, 0.05) is 10.9 Å². The van der Waals surface area contributed by atoms with Gasteiger partial charge in [0.2, 0.25) is 0 Å². The highest BCUT2D eigenvalue weighted by molar-refractivity contribution is 6.98. The Hall–Kier alpha value is -2.24. The lowest BCUT2D eigenvalue weighted by Gasteiger charge is -2.26. The van der Waals surface area contributed by atoms with E-state index in [1.807, 2.05) is 0 Å². The van der Waals surface area contributed by atoms with E-state index in [-0.39, 0.29) is 0 Å². The molecule has 3 aromatic carbocycles. The predicted molar refractivity (Wildman–Crippen MR) is 124 cm³/mol. The van der Waals surface area contributed by atoms with Crippen molar-refractivity contribution in [3.8, 4) is 0 Å². The van der Waals surface area contributed by atoms with Gasteiger partial charge >= 0.3 is 24.7 Å². The van der Waals surface area contributed by atoms with Gasteiger partial charge in [0.05, 0.1) is 42.3 Å². The minimum absolute atomic E-state index is 0.564. The van der Waals surface area contributed by atoms with Crippen LogP contribution in [-0.2, 0) is 24.7 Å². The number of alkyl halides is 12. The zero-order valence-corrected chi connectivity index (χ0v) is 22.4. The number of halogens is 20. The summed E-state index contributed by atoms with van der Waals surface area (Å²) >= 11 is 23.1. The summed E-state index contributed by atoms with van der Waals surface area (Å²) in [6, 6.07) is -1.69. The molecule has 234 valence electrons. The van der Waals surface area contributed by atoms with Gasteiger partial charge in [-0.05, 0) is 23.7 Å². The van der Waals surface area contributed by atoms with Crippen LogP contribution in [0.3, 0.4) is 0 Å². The van der Waals surface area contributed by atoms with Crippen molar-refractivity contribution in [3.63, 3.8) is 0 Å². The molecule has 0 aliphatic rings. The molecule has 0 atom stereocenters. The fourth-order valence-corrected chi connectivity index (χ4v) is 4.97. The van der Waals surface area contributed by atoms with E-state index >= 15 is 17.6 Å². The smallest absolute Gasteiger partial charge is 0.207 e. The van der Waals surface area contributed by atoms with E-state index in [0.717, 1.165) is 0 Å². The van der Waals surface area contributed by atoms with Crippen molar-refractivity contribution in [1.29, 1.82) is 0 Å². The highest BCUT2D eigenvalue weighted by Gasteiger charge is 2.50. The van der Waals surface area contributed by atoms with Gasteiger partial charge in [-0.3, -0.25) is 0 Å². The molecule has 43 heavy (non-hydrogen) atoms. The molecule has 0 heterocycles. The van der Waals surface area contributed by atoms with E-state index in [1.54, 1.807) is 0 Å². The third-order valence-electron chi connectivity index (χ3n) is 5.70. The summed E-state index contributed by atoms with van der Waals surface area (Å²) in [4.78, 5) is 0. The maximum absolute atomic E-state index is 15.4. The minimum atomic E-state index is -6.17. The first-order valence-corrected chi connectivity index (χ1v) is 11.9. The summed E-state index contributed by atoms with van der Waals surface area (Å²) in [6.07, 6.45) is -24.7. The van der Waals surface area contributed by atoms with Gasteiger partial charge in [-0.15, -0.1) is 0 Å². The SMILES string of the molecule is Fc1c(C(F)(F)F)cc(C(F)(F)F)c(F)c1B(c1c(F)c(C(F)(F)F)cc(C(F)(F)F)c1F)c1c(Cl)c(Cl)cc(Cl)c1Cl. The average Bonchev–Trinajstić information content (AvgIpc) is 2.79. The second-order valence-corrected chi connectivity index (χ2v) is 9.90. The topological polar surface area (TPSA) is 0 Å². The monoisotopic (exact) mass is 722 g/mol. The van der Waals surface area contributed by atoms with E-state index in [2.05, 4.69) is 0 Å². The summed E-state index contributed by atoms with van der Waals surface area (Å²) in [7, 11) is 0. The molecule has 0 bridgehead atoms. The van der Waals surface area contributed by atoms with Gasteiger partial charge in [-0.25, -0.2) is 17.6 Å². The van der Waals surface area contributed by atoms with Gasteiger partial charge in [0.1, 0.15) is 23.3 Å². The summed E-state index contributed by atoms with van der Waals surface area (Å²) < 4.78 is 225. The first-order valence-electron chi connectivity index (χ1n) is 10.4. The Labute approximate surface area is 248 Å². The van der Waals surface area contributed by atoms with E-state index in [1.165, 1.54) is 0 Å². The first-order chi connectivity index (χ1) is 19.2. The van der Waals surface area contributed by atoms with Gasteiger partial charge in [0.15, 0.2) is 0 Å². The molecule has 0 saturated carbocycles. The van der Waals surface area contributed by atoms with Crippen LogP contribution in [0.15, 0.2) is 18.2 Å². The van der Waals surface area contributed by atoms with Crippen molar-refractivity contribution in [1.82, 2.24) is 0 Å². The Bertz CT molecular complexity index is 1420. The zero-order valence-electron chi connectivity index (χ0n) is 19.4. The second-order valence-electron chi connectivity index (χ2n) is 8.33. The second kappa shape index (κ2) is 11.3. The average molecular weight is 724 g/mol. The van der Waals surface area contributed by atoms with Crippen molar-refractivity contribution in [2.45, 2.75) is 24.7 Å². The van der Waals surface area contributed by atoms with Crippen molar-refractivity contribution in [2.75, 3.05) is 0 Å². The highest BCUT2D eigenvalue weighted by atomic mass is 35.5. The lowest BCUT2D eigenvalue weighted by atomic mass is 9.35. The molecule has 0 unspecified atom stereocenters. The zero-order chi connectivity index (χ0) is 33.4. The van der Waals surface area contributed by atoms with Crippen molar-refractivity contribution in [3.05, 3.63) is 83.8 Å². The predicted octanol–water partition coefficient (Wildman–Crippen LogP) is 9.45. The Morgan fingerprint density at radius 3 is 0.837 bits per heavy atom. The van der Waals surface area contributed by atoms with Crippen molar-refractivity contribution >= 4 is 69.5 Å². The Morgan fingerprint density at radius 2 is 0.628 bits per heavy atom. The quantitative estimate of drug-likeness (QED) is 0.144. The molecular formula is C22H3BCl4F16. The molecule has 0 radical (unpaired) electrons. The largest absolute Gasteiger partial charge is 0.419 e. The van der Waals surface area contributed by atoms with Crippen molar-refractivity contribution in [2.24, 2.45) is 0 Å². The molecule has 0 aliphatic heterocycles. The first kappa shape index (κ1) is 35.2. The Morgan fingerprint density at radius 1 is 0.395 bits per heavy atom. The summed E-state index contributed by atoms with van der Waals surface area (Å²) in [5, 5.41) is -4.61. The van der Waals surface area contributed by atoms with Crippen LogP contribution in [0.1, 0.15) is 22.3 Å². The van der Waals surface area contributed by atoms with E-state index in [4.69, 9.17) is 46.4 Å². The van der Waals surface area contributed by atoms with E-state index < -0.39 is 126 Å². The molecule has 21 heteroatoms. The number of hydrogen-bond acceptors (Lipinski definition) is 0. The number of rotatable bonds is 3. The molecule has 0 nitrogen and oxygen atoms in total. The van der Waals surface area contributed by atoms with E-state index in [9.17, 15) is 52.7 Å². The Kier molecular flexibility index (Phi) is 9.25. The summed E-state index contributed by atoms with van der Waals surface area (Å²) in [5.41, 5.74) is -19.1. The number of hydrogen-bond donors (Lipinski definition) is 0. The number of benzene rings is 3. The molecule has 0 N–H and O–H groups in total. The minimum Gasteiger partial charge on any atom is -0.207 e. The third kappa shape index (κ3) is 6.45. The Balaban J connectivity index is 2.83. The van der Waals surface area contributed by atoms with Gasteiger partial charge in [0.25, 0.3) is 6.71 Å². The molecule has 3 rings (SSSR count). The van der Waals surface area contributed by atoms with Crippen LogP contribution in [0.25, 0.3) is 0 Å². The lowest BCUT2D eigenvalue weighted by Crippen LogP contribution is -2.59. The maximum atomic E-state index is 15.4. The molecule has 0 amide bonds. The normalized spacial score (nSPS) is 13.1. The molecule has 0 saturated heterocycles. The van der Waals surface area contributed by atoms with Crippen molar-refractivity contribution < 1.29 is 70.2 Å². The third-order valence-corrected chi connectivity index (χ3v) is 7.31. The molecule has 0 aliphatic carbocycles. The molecule has 0 spiro atoms. The van der Waals surface area contributed by atoms with E-state index in [0.29, 0.717) is 6.07 Å².